The van der Waals surface area contributed by atoms with Crippen molar-refractivity contribution >= 4 is 17.5 Å². The maximum atomic E-state index is 13.5. The van der Waals surface area contributed by atoms with E-state index in [2.05, 4.69) is 10.6 Å². The van der Waals surface area contributed by atoms with Gasteiger partial charge in [-0.2, -0.15) is 0 Å². The lowest BCUT2D eigenvalue weighted by Gasteiger charge is -2.55. The molecule has 4 aliphatic carbocycles. The number of halogens is 1. The maximum absolute atomic E-state index is 13.5. The van der Waals surface area contributed by atoms with Gasteiger partial charge in [-0.25, -0.2) is 4.39 Å². The second kappa shape index (κ2) is 6.11. The van der Waals surface area contributed by atoms with E-state index in [-0.39, 0.29) is 29.6 Å². The monoisotopic (exact) mass is 344 g/mol. The summed E-state index contributed by atoms with van der Waals surface area (Å²) in [7, 11) is 0. The van der Waals surface area contributed by atoms with Crippen molar-refractivity contribution in [2.24, 2.45) is 23.2 Å². The molecule has 0 spiro atoms. The molecule has 0 aliphatic heterocycles. The van der Waals surface area contributed by atoms with Crippen LogP contribution < -0.4 is 10.6 Å². The topological polar surface area (TPSA) is 58.2 Å². The summed E-state index contributed by atoms with van der Waals surface area (Å²) in [5.41, 5.74) is 0.704. The number of hydrogen-bond donors (Lipinski definition) is 2. The summed E-state index contributed by atoms with van der Waals surface area (Å²) in [5, 5.41) is 5.49. The number of carbonyl (C=O) groups excluding carboxylic acids is 2. The summed E-state index contributed by atoms with van der Waals surface area (Å²) in [4.78, 5) is 24.9. The molecule has 4 aliphatic rings. The van der Waals surface area contributed by atoms with Crippen LogP contribution in [0.4, 0.5) is 10.1 Å². The van der Waals surface area contributed by atoms with Crippen LogP contribution in [0.3, 0.4) is 0 Å². The molecule has 5 heteroatoms. The fourth-order valence-electron chi connectivity index (χ4n) is 5.61. The van der Waals surface area contributed by atoms with Gasteiger partial charge in [-0.3, -0.25) is 9.59 Å². The Balaban J connectivity index is 1.34. The molecule has 1 aromatic carbocycles. The molecule has 4 saturated carbocycles. The number of carbonyl (C=O) groups is 2. The van der Waals surface area contributed by atoms with Crippen LogP contribution in [0.15, 0.2) is 18.2 Å². The van der Waals surface area contributed by atoms with E-state index in [9.17, 15) is 14.0 Å². The predicted molar refractivity (Wildman–Crippen MR) is 93.4 cm³/mol. The first-order valence-corrected chi connectivity index (χ1v) is 9.28. The van der Waals surface area contributed by atoms with Gasteiger partial charge in [0, 0.05) is 11.1 Å². The van der Waals surface area contributed by atoms with Crippen molar-refractivity contribution in [2.75, 3.05) is 11.9 Å². The largest absolute Gasteiger partial charge is 0.347 e. The second-order valence-corrected chi connectivity index (χ2v) is 8.39. The summed E-state index contributed by atoms with van der Waals surface area (Å²) < 4.78 is 13.5. The van der Waals surface area contributed by atoms with Crippen molar-refractivity contribution in [3.05, 3.63) is 29.6 Å². The Hall–Kier alpha value is -1.91. The Labute approximate surface area is 147 Å². The zero-order valence-electron chi connectivity index (χ0n) is 14.6. The molecule has 0 radical (unpaired) electrons. The molecular weight excluding hydrogens is 319 g/mol. The summed E-state index contributed by atoms with van der Waals surface area (Å²) in [6.07, 6.45) is 6.80. The van der Waals surface area contributed by atoms with Crippen LogP contribution in [0.1, 0.15) is 44.1 Å². The van der Waals surface area contributed by atoms with Crippen molar-refractivity contribution in [1.29, 1.82) is 0 Å². The molecular formula is C20H25FN2O2. The van der Waals surface area contributed by atoms with E-state index in [1.165, 1.54) is 25.3 Å². The minimum absolute atomic E-state index is 0.0387. The van der Waals surface area contributed by atoms with Crippen molar-refractivity contribution < 1.29 is 14.0 Å². The Bertz CT molecular complexity index is 680. The molecule has 0 heterocycles. The Kier molecular flexibility index (Phi) is 4.05. The lowest BCUT2D eigenvalue weighted by atomic mass is 9.49. The minimum Gasteiger partial charge on any atom is -0.347 e. The third-order valence-electron chi connectivity index (χ3n) is 6.39. The molecule has 0 aromatic heterocycles. The molecule has 4 nitrogen and oxygen atoms in total. The van der Waals surface area contributed by atoms with Gasteiger partial charge in [0.05, 0.1) is 6.54 Å². The van der Waals surface area contributed by atoms with Crippen LogP contribution in [0.25, 0.3) is 0 Å². The molecule has 134 valence electrons. The maximum Gasteiger partial charge on any atom is 0.243 e. The van der Waals surface area contributed by atoms with Gasteiger partial charge in [-0.1, -0.05) is 6.07 Å². The van der Waals surface area contributed by atoms with Gasteiger partial charge in [0.1, 0.15) is 5.82 Å². The third kappa shape index (κ3) is 3.16. The van der Waals surface area contributed by atoms with E-state index < -0.39 is 0 Å². The molecule has 4 bridgehead atoms. The Morgan fingerprint density at radius 2 is 1.72 bits per heavy atom. The molecule has 0 atom stereocenters. The fraction of sp³-hybridized carbons (Fsp3) is 0.600. The van der Waals surface area contributed by atoms with Crippen LogP contribution >= 0.6 is 0 Å². The van der Waals surface area contributed by atoms with Gasteiger partial charge in [0.25, 0.3) is 0 Å². The van der Waals surface area contributed by atoms with Gasteiger partial charge in [0.15, 0.2) is 0 Å². The van der Waals surface area contributed by atoms with E-state index in [0.29, 0.717) is 29.0 Å². The number of benzene rings is 1. The van der Waals surface area contributed by atoms with Crippen molar-refractivity contribution in [1.82, 2.24) is 5.32 Å². The highest BCUT2D eigenvalue weighted by molar-refractivity contribution is 5.95. The minimum atomic E-state index is -0.351. The molecule has 25 heavy (non-hydrogen) atoms. The highest BCUT2D eigenvalue weighted by Gasteiger charge is 2.54. The predicted octanol–water partition coefficient (Wildman–Crippen LogP) is 3.41. The zero-order chi connectivity index (χ0) is 17.6. The second-order valence-electron chi connectivity index (χ2n) is 8.39. The number of amides is 2. The molecule has 1 aromatic rings. The van der Waals surface area contributed by atoms with Crippen LogP contribution in [0.2, 0.25) is 0 Å². The van der Waals surface area contributed by atoms with Crippen LogP contribution in [0.5, 0.6) is 0 Å². The normalized spacial score (nSPS) is 32.5. The van der Waals surface area contributed by atoms with Crippen molar-refractivity contribution in [3.63, 3.8) is 0 Å². The Morgan fingerprint density at radius 3 is 2.28 bits per heavy atom. The first kappa shape index (κ1) is 16.6. The third-order valence-corrected chi connectivity index (χ3v) is 6.39. The number of anilines is 1. The average molecular weight is 344 g/mol. The molecule has 2 N–H and O–H groups in total. The fourth-order valence-corrected chi connectivity index (χ4v) is 5.61. The highest BCUT2D eigenvalue weighted by Crippen LogP contribution is 2.60. The first-order valence-electron chi connectivity index (χ1n) is 9.28. The number of rotatable bonds is 4. The van der Waals surface area contributed by atoms with Crippen LogP contribution in [-0.4, -0.2) is 18.4 Å². The van der Waals surface area contributed by atoms with E-state index in [0.717, 1.165) is 19.3 Å². The first-order chi connectivity index (χ1) is 11.9. The molecule has 5 rings (SSSR count). The highest BCUT2D eigenvalue weighted by atomic mass is 19.1. The summed E-state index contributed by atoms with van der Waals surface area (Å²) in [6, 6.07) is 4.59. The van der Waals surface area contributed by atoms with Gasteiger partial charge >= 0.3 is 0 Å². The van der Waals surface area contributed by atoms with E-state index in [4.69, 9.17) is 0 Å². The summed E-state index contributed by atoms with van der Waals surface area (Å²) in [6.45, 7) is 1.61. The van der Waals surface area contributed by atoms with Crippen molar-refractivity contribution in [3.8, 4) is 0 Å². The van der Waals surface area contributed by atoms with Gasteiger partial charge < -0.3 is 10.6 Å². The SMILES string of the molecule is Cc1ccc(NC(=O)CNC(=O)C23CC4CC(CC(C4)C2)C3)cc1F. The van der Waals surface area contributed by atoms with E-state index in [1.807, 2.05) is 0 Å². The van der Waals surface area contributed by atoms with Crippen molar-refractivity contribution in [2.45, 2.75) is 45.4 Å². The molecule has 4 fully saturated rings. The number of nitrogens with one attached hydrogen (secondary N) is 2. The van der Waals surface area contributed by atoms with E-state index in [1.54, 1.807) is 19.1 Å². The van der Waals surface area contributed by atoms with E-state index >= 15 is 0 Å². The van der Waals surface area contributed by atoms with Crippen LogP contribution in [-0.2, 0) is 9.59 Å². The molecule has 2 amide bonds. The number of aryl methyl sites for hydroxylation is 1. The van der Waals surface area contributed by atoms with Gasteiger partial charge in [-0.15, -0.1) is 0 Å². The van der Waals surface area contributed by atoms with Gasteiger partial charge in [-0.05, 0) is 80.9 Å². The number of hydrogen-bond acceptors (Lipinski definition) is 2. The quantitative estimate of drug-likeness (QED) is 0.879. The standard InChI is InChI=1S/C20H25FN2O2/c1-12-2-3-16(7-17(12)21)23-18(24)11-22-19(25)20-8-13-4-14(9-20)6-15(5-13)10-20/h2-3,7,13-15H,4-6,8-11H2,1H3,(H,22,25)(H,23,24). The lowest BCUT2D eigenvalue weighted by Crippen LogP contribution is -2.54. The van der Waals surface area contributed by atoms with Crippen LogP contribution in [0, 0.1) is 35.9 Å². The Morgan fingerprint density at radius 1 is 1.12 bits per heavy atom. The smallest absolute Gasteiger partial charge is 0.243 e. The lowest BCUT2D eigenvalue weighted by molar-refractivity contribution is -0.146. The molecule has 0 unspecified atom stereocenters. The summed E-state index contributed by atoms with van der Waals surface area (Å²) in [5.74, 6) is 1.46. The molecule has 0 saturated heterocycles. The summed E-state index contributed by atoms with van der Waals surface area (Å²) >= 11 is 0. The zero-order valence-corrected chi connectivity index (χ0v) is 14.6. The van der Waals surface area contributed by atoms with Gasteiger partial charge in [0.2, 0.25) is 11.8 Å². The average Bonchev–Trinajstić information content (AvgIpc) is 2.55.